The Labute approximate surface area is 101 Å². The largest absolute Gasteiger partial charge is 0.510 e. The standard InChI is InChI=1S/C8H9BF4NO3S/c1-5-7(9(10,11)12)2-6(4-14)3-8(5)17-18(13,15)16/h2-3H,4,14H2,1H3/q-1. The minimum absolute atomic E-state index is 0.00606. The molecule has 1 rings (SSSR count). The van der Waals surface area contributed by atoms with E-state index in [-0.39, 0.29) is 12.1 Å². The summed E-state index contributed by atoms with van der Waals surface area (Å²) in [4.78, 5) is 0. The monoisotopic (exact) mass is 286 g/mol. The van der Waals surface area contributed by atoms with Crippen LogP contribution in [0.1, 0.15) is 11.1 Å². The van der Waals surface area contributed by atoms with Crippen molar-refractivity contribution in [1.82, 2.24) is 0 Å². The van der Waals surface area contributed by atoms with Crippen LogP contribution in [-0.4, -0.2) is 15.4 Å². The predicted octanol–water partition coefficient (Wildman–Crippen LogP) is 1.10. The molecule has 0 radical (unpaired) electrons. The highest BCUT2D eigenvalue weighted by atomic mass is 32.3. The molecule has 0 amide bonds. The second kappa shape index (κ2) is 4.77. The van der Waals surface area contributed by atoms with Crippen LogP contribution in [0.25, 0.3) is 0 Å². The summed E-state index contributed by atoms with van der Waals surface area (Å²) in [5.41, 5.74) is 3.62. The lowest BCUT2D eigenvalue weighted by Gasteiger charge is -2.20. The van der Waals surface area contributed by atoms with E-state index in [2.05, 4.69) is 4.18 Å². The average molecular weight is 286 g/mol. The van der Waals surface area contributed by atoms with E-state index in [1.54, 1.807) is 0 Å². The van der Waals surface area contributed by atoms with Crippen molar-refractivity contribution in [3.63, 3.8) is 0 Å². The zero-order valence-corrected chi connectivity index (χ0v) is 9.98. The van der Waals surface area contributed by atoms with Crippen LogP contribution in [-0.2, 0) is 17.0 Å². The van der Waals surface area contributed by atoms with E-state index >= 15 is 0 Å². The molecule has 0 aromatic heterocycles. The lowest BCUT2D eigenvalue weighted by Crippen LogP contribution is -2.37. The van der Waals surface area contributed by atoms with Crippen molar-refractivity contribution in [1.29, 1.82) is 0 Å². The van der Waals surface area contributed by atoms with Crippen LogP contribution in [0.2, 0.25) is 0 Å². The van der Waals surface area contributed by atoms with Gasteiger partial charge in [-0.2, -0.15) is 8.42 Å². The van der Waals surface area contributed by atoms with E-state index in [0.29, 0.717) is 0 Å². The Morgan fingerprint density at radius 3 is 2.28 bits per heavy atom. The fraction of sp³-hybridized carbons (Fsp3) is 0.250. The molecule has 0 saturated carbocycles. The summed E-state index contributed by atoms with van der Waals surface area (Å²) < 4.78 is 75.0. The predicted molar refractivity (Wildman–Crippen MR) is 58.4 cm³/mol. The lowest BCUT2D eigenvalue weighted by molar-refractivity contribution is 0.437. The number of halogens is 4. The van der Waals surface area contributed by atoms with E-state index in [1.165, 1.54) is 0 Å². The first kappa shape index (κ1) is 14.8. The lowest BCUT2D eigenvalue weighted by atomic mass is 9.76. The van der Waals surface area contributed by atoms with Gasteiger partial charge in [-0.15, -0.1) is 5.46 Å². The Balaban J connectivity index is 3.44. The van der Waals surface area contributed by atoms with Crippen molar-refractivity contribution in [2.24, 2.45) is 5.73 Å². The van der Waals surface area contributed by atoms with E-state index in [1.807, 2.05) is 0 Å². The SMILES string of the molecule is Cc1c(OS(=O)(=O)F)cc(CN)cc1[B-](F)(F)F. The van der Waals surface area contributed by atoms with Gasteiger partial charge >= 0.3 is 17.5 Å². The van der Waals surface area contributed by atoms with Gasteiger partial charge in [0.1, 0.15) is 5.75 Å². The maximum atomic E-state index is 12.7. The molecule has 1 aromatic rings. The third kappa shape index (κ3) is 3.60. The quantitative estimate of drug-likeness (QED) is 0.511. The van der Waals surface area contributed by atoms with Crippen molar-refractivity contribution in [2.75, 3.05) is 0 Å². The first-order valence-corrected chi connectivity index (χ1v) is 6.03. The van der Waals surface area contributed by atoms with Gasteiger partial charge < -0.3 is 22.9 Å². The van der Waals surface area contributed by atoms with Gasteiger partial charge in [0.2, 0.25) is 0 Å². The fourth-order valence-electron chi connectivity index (χ4n) is 1.42. The molecule has 0 aliphatic carbocycles. The van der Waals surface area contributed by atoms with Crippen molar-refractivity contribution in [2.45, 2.75) is 13.5 Å². The molecule has 0 heterocycles. The van der Waals surface area contributed by atoms with Crippen molar-refractivity contribution in [3.05, 3.63) is 23.3 Å². The maximum absolute atomic E-state index is 12.7. The Hall–Kier alpha value is -1.29. The summed E-state index contributed by atoms with van der Waals surface area (Å²) in [7, 11) is -5.39. The molecule has 102 valence electrons. The summed E-state index contributed by atoms with van der Waals surface area (Å²) in [6.45, 7) is -4.65. The van der Waals surface area contributed by atoms with Gasteiger partial charge in [-0.05, 0) is 24.1 Å². The fourth-order valence-corrected chi connectivity index (χ4v) is 1.81. The molecule has 18 heavy (non-hydrogen) atoms. The molecule has 0 spiro atoms. The van der Waals surface area contributed by atoms with Crippen LogP contribution in [0.4, 0.5) is 16.8 Å². The first-order chi connectivity index (χ1) is 8.04. The van der Waals surface area contributed by atoms with Gasteiger partial charge in [0.25, 0.3) is 0 Å². The van der Waals surface area contributed by atoms with Gasteiger partial charge in [-0.25, -0.2) is 0 Å². The average Bonchev–Trinajstić information content (AvgIpc) is 2.17. The van der Waals surface area contributed by atoms with Gasteiger partial charge in [-0.1, -0.05) is 9.95 Å². The topological polar surface area (TPSA) is 69.4 Å². The number of benzene rings is 1. The summed E-state index contributed by atoms with van der Waals surface area (Å²) in [6.07, 6.45) is 0. The van der Waals surface area contributed by atoms with E-state index in [4.69, 9.17) is 5.73 Å². The Morgan fingerprint density at radius 1 is 1.33 bits per heavy atom. The van der Waals surface area contributed by atoms with Crippen LogP contribution in [0, 0.1) is 6.92 Å². The molecule has 0 fully saturated rings. The van der Waals surface area contributed by atoms with Crippen LogP contribution in [0.15, 0.2) is 12.1 Å². The van der Waals surface area contributed by atoms with E-state index in [0.717, 1.165) is 19.1 Å². The third-order valence-electron chi connectivity index (χ3n) is 2.24. The molecule has 1 aromatic carbocycles. The molecule has 2 N–H and O–H groups in total. The molecule has 0 bridgehead atoms. The number of hydrogen-bond donors (Lipinski definition) is 1. The normalized spacial score (nSPS) is 12.6. The number of hydrogen-bond acceptors (Lipinski definition) is 4. The zero-order valence-electron chi connectivity index (χ0n) is 9.16. The summed E-state index contributed by atoms with van der Waals surface area (Å²) in [5.74, 6) is -0.713. The second-order valence-electron chi connectivity index (χ2n) is 3.56. The smallest absolute Gasteiger partial charge is 0.445 e. The van der Waals surface area contributed by atoms with Crippen LogP contribution < -0.4 is 15.4 Å². The number of rotatable bonds is 4. The highest BCUT2D eigenvalue weighted by molar-refractivity contribution is 7.81. The van der Waals surface area contributed by atoms with Crippen LogP contribution in [0.5, 0.6) is 5.75 Å². The molecule has 4 nitrogen and oxygen atoms in total. The van der Waals surface area contributed by atoms with E-state index in [9.17, 15) is 25.3 Å². The molecular formula is C8H9BF4NO3S-. The summed E-state index contributed by atoms with van der Waals surface area (Å²) >= 11 is 0. The minimum Gasteiger partial charge on any atom is -0.445 e. The summed E-state index contributed by atoms with van der Waals surface area (Å²) in [5, 5.41) is 0. The van der Waals surface area contributed by atoms with Gasteiger partial charge in [0, 0.05) is 6.54 Å². The molecule has 0 saturated heterocycles. The highest BCUT2D eigenvalue weighted by Crippen LogP contribution is 2.24. The number of nitrogens with two attached hydrogens (primary N) is 1. The van der Waals surface area contributed by atoms with Gasteiger partial charge in [-0.3, -0.25) is 0 Å². The first-order valence-electron chi connectivity index (χ1n) is 4.72. The molecule has 0 aliphatic rings. The third-order valence-corrected chi connectivity index (χ3v) is 2.62. The molecule has 0 atom stereocenters. The van der Waals surface area contributed by atoms with Gasteiger partial charge in [0.15, 0.2) is 0 Å². The van der Waals surface area contributed by atoms with Crippen LogP contribution >= 0.6 is 0 Å². The Morgan fingerprint density at radius 2 is 1.89 bits per heavy atom. The Kier molecular flexibility index (Phi) is 3.91. The summed E-state index contributed by atoms with van der Waals surface area (Å²) in [6, 6.07) is 1.74. The molecule has 0 unspecified atom stereocenters. The molecule has 10 heteroatoms. The second-order valence-corrected chi connectivity index (χ2v) is 4.52. The van der Waals surface area contributed by atoms with Crippen molar-refractivity contribution >= 4 is 22.9 Å². The zero-order chi connectivity index (χ0) is 14.1. The van der Waals surface area contributed by atoms with Crippen molar-refractivity contribution in [3.8, 4) is 5.75 Å². The van der Waals surface area contributed by atoms with Crippen molar-refractivity contribution < 1.29 is 29.4 Å². The van der Waals surface area contributed by atoms with Crippen LogP contribution in [0.3, 0.4) is 0 Å². The minimum atomic E-state index is -5.39. The van der Waals surface area contributed by atoms with E-state index < -0.39 is 34.3 Å². The molecular weight excluding hydrogens is 277 g/mol. The molecule has 0 aliphatic heterocycles. The Bertz CT molecular complexity index is 558. The maximum Gasteiger partial charge on any atom is 0.510 e. The highest BCUT2D eigenvalue weighted by Gasteiger charge is 2.30. The van der Waals surface area contributed by atoms with Gasteiger partial charge in [0.05, 0.1) is 0 Å².